The zero-order valence-electron chi connectivity index (χ0n) is 35.2. The lowest BCUT2D eigenvalue weighted by molar-refractivity contribution is -0.155. The van der Waals surface area contributed by atoms with Crippen LogP contribution in [0.25, 0.3) is 27.9 Å². The van der Waals surface area contributed by atoms with Crippen LogP contribution in [-0.2, 0) is 28.6 Å². The summed E-state index contributed by atoms with van der Waals surface area (Å²) < 4.78 is 16.7. The largest absolute Gasteiger partial charge is 0.470 e. The molecule has 0 amide bonds. The van der Waals surface area contributed by atoms with Crippen LogP contribution in [0.5, 0.6) is 0 Å². The normalized spacial score (nSPS) is 12.5. The van der Waals surface area contributed by atoms with Gasteiger partial charge in [0.1, 0.15) is 31.5 Å². The molecular weight excluding hydrogens is 745 g/mol. The first-order valence-electron chi connectivity index (χ1n) is 19.8. The molecule has 0 fully saturated rings. The van der Waals surface area contributed by atoms with Crippen molar-refractivity contribution < 1.29 is 28.6 Å². The van der Waals surface area contributed by atoms with Crippen LogP contribution in [0.4, 0.5) is 17.1 Å². The molecule has 0 heterocycles. The van der Waals surface area contributed by atoms with E-state index in [1.807, 2.05) is 42.5 Å². The van der Waals surface area contributed by atoms with Gasteiger partial charge in [-0.15, -0.1) is 0 Å². The third-order valence-electron chi connectivity index (χ3n) is 9.64. The summed E-state index contributed by atoms with van der Waals surface area (Å²) in [5.41, 5.74) is 2.66. The van der Waals surface area contributed by atoms with Crippen molar-refractivity contribution in [3.8, 4) is 6.07 Å². The maximum Gasteiger partial charge on any atom is 0.348 e. The van der Waals surface area contributed by atoms with E-state index in [9.17, 15) is 19.6 Å². The van der Waals surface area contributed by atoms with E-state index >= 15 is 0 Å². The molecule has 12 heteroatoms. The van der Waals surface area contributed by atoms with Gasteiger partial charge in [-0.3, -0.25) is 9.59 Å². The number of nitriles is 1. The Hall–Kier alpha value is -6.84. The maximum atomic E-state index is 13.3. The highest BCUT2D eigenvalue weighted by Crippen LogP contribution is 2.24. The van der Waals surface area contributed by atoms with Crippen LogP contribution in [0.2, 0.25) is 0 Å². The summed E-state index contributed by atoms with van der Waals surface area (Å²) in [6.07, 6.45) is 4.24. The summed E-state index contributed by atoms with van der Waals surface area (Å²) in [6.45, 7) is 32.9. The predicted molar refractivity (Wildman–Crippen MR) is 234 cm³/mol. The first-order chi connectivity index (χ1) is 28.4. The molecule has 0 unspecified atom stereocenters. The van der Waals surface area contributed by atoms with Crippen molar-refractivity contribution in [2.75, 3.05) is 73.8 Å². The Bertz CT molecular complexity index is 1850. The number of hydrogen-bond acceptors (Lipinski definition) is 10. The summed E-state index contributed by atoms with van der Waals surface area (Å²) in [7, 11) is 0. The van der Waals surface area contributed by atoms with E-state index in [2.05, 4.69) is 65.9 Å². The molecule has 0 aliphatic rings. The molecule has 0 aliphatic carbocycles. The van der Waals surface area contributed by atoms with Gasteiger partial charge in [-0.25, -0.2) is 14.5 Å². The first kappa shape index (κ1) is 46.5. The van der Waals surface area contributed by atoms with E-state index in [0.717, 1.165) is 56.3 Å². The van der Waals surface area contributed by atoms with Crippen LogP contribution >= 0.6 is 0 Å². The number of hydrogen-bond donors (Lipinski definition) is 0. The lowest BCUT2D eigenvalue weighted by Crippen LogP contribution is -2.37. The number of carbonyl (C=O) groups excluding carboxylic acids is 3. The van der Waals surface area contributed by atoms with E-state index in [1.54, 1.807) is 43.3 Å². The number of esters is 3. The van der Waals surface area contributed by atoms with Crippen LogP contribution in [0.3, 0.4) is 0 Å². The van der Waals surface area contributed by atoms with Crippen LogP contribution in [0, 0.1) is 29.9 Å². The van der Waals surface area contributed by atoms with Crippen molar-refractivity contribution in [1.29, 1.82) is 5.26 Å². The second-order valence-corrected chi connectivity index (χ2v) is 13.8. The van der Waals surface area contributed by atoms with E-state index in [0.29, 0.717) is 16.7 Å². The lowest BCUT2D eigenvalue weighted by Gasteiger charge is -2.28. The minimum absolute atomic E-state index is 0.271. The monoisotopic (exact) mass is 798 g/mol. The van der Waals surface area contributed by atoms with Crippen LogP contribution < -0.4 is 14.7 Å². The number of benzene rings is 3. The van der Waals surface area contributed by atoms with Crippen molar-refractivity contribution in [1.82, 2.24) is 0 Å². The smallest absolute Gasteiger partial charge is 0.348 e. The fourth-order valence-corrected chi connectivity index (χ4v) is 6.07. The molecular formula is C47H54N6O6. The van der Waals surface area contributed by atoms with Gasteiger partial charge in [0.2, 0.25) is 0 Å². The molecule has 3 aromatic carbocycles. The zero-order chi connectivity index (χ0) is 43.4. The molecule has 3 rings (SSSR count). The van der Waals surface area contributed by atoms with Gasteiger partial charge in [-0.05, 0) is 120 Å². The van der Waals surface area contributed by atoms with E-state index in [-0.39, 0.29) is 17.0 Å². The second kappa shape index (κ2) is 23.4. The van der Waals surface area contributed by atoms with Crippen molar-refractivity contribution in [3.63, 3.8) is 0 Å². The Morgan fingerprint density at radius 3 is 1.12 bits per heavy atom. The summed E-state index contributed by atoms with van der Waals surface area (Å²) >= 11 is 0. The Labute approximate surface area is 349 Å². The van der Waals surface area contributed by atoms with Crippen LogP contribution in [0.15, 0.2) is 89.8 Å². The fourth-order valence-electron chi connectivity index (χ4n) is 6.07. The van der Waals surface area contributed by atoms with E-state index in [1.165, 1.54) is 18.2 Å². The van der Waals surface area contributed by atoms with Gasteiger partial charge in [0, 0.05) is 56.3 Å². The second-order valence-electron chi connectivity index (χ2n) is 13.8. The summed E-state index contributed by atoms with van der Waals surface area (Å²) in [5, 5.41) is 9.87. The van der Waals surface area contributed by atoms with Gasteiger partial charge in [-0.2, -0.15) is 5.26 Å². The molecule has 0 atom stereocenters. The van der Waals surface area contributed by atoms with Gasteiger partial charge in [0.25, 0.3) is 11.4 Å². The molecule has 0 saturated carbocycles. The number of carbonyl (C=O) groups is 3. The van der Waals surface area contributed by atoms with Crippen LogP contribution in [0.1, 0.15) is 65.2 Å². The van der Waals surface area contributed by atoms with Gasteiger partial charge in [-0.1, -0.05) is 36.4 Å². The Morgan fingerprint density at radius 2 is 0.847 bits per heavy atom. The average Bonchev–Trinajstić information content (AvgIpc) is 3.26. The van der Waals surface area contributed by atoms with Crippen molar-refractivity contribution in [3.05, 3.63) is 129 Å². The van der Waals surface area contributed by atoms with Crippen LogP contribution in [-0.4, -0.2) is 77.0 Å². The van der Waals surface area contributed by atoms with Gasteiger partial charge < -0.3 is 28.9 Å². The molecule has 0 spiro atoms. The Balaban J connectivity index is 1.84. The summed E-state index contributed by atoms with van der Waals surface area (Å²) in [6, 6.07) is 24.1. The molecule has 0 bridgehead atoms. The van der Waals surface area contributed by atoms with Crippen molar-refractivity contribution >= 4 is 53.2 Å². The molecule has 308 valence electrons. The summed E-state index contributed by atoms with van der Waals surface area (Å²) in [4.78, 5) is 53.0. The first-order valence-corrected chi connectivity index (χ1v) is 19.8. The van der Waals surface area contributed by atoms with E-state index in [4.69, 9.17) is 27.4 Å². The lowest BCUT2D eigenvalue weighted by atomic mass is 9.94. The highest BCUT2D eigenvalue weighted by Gasteiger charge is 2.32. The SMILES string of the molecule is [C-]#[N+]/C(=C\c1ccc(N(CC)CC)cc1)C(=O)OCC(C)(COC(=O)/C(=C/c1ccc(N(CC)CC)cc1)[N+]#[C-])COC(=O)/C(C#N)=C/c1ccc(N(CC)CC)cc1. The Morgan fingerprint density at radius 1 is 0.559 bits per heavy atom. The number of anilines is 3. The van der Waals surface area contributed by atoms with Crippen molar-refractivity contribution in [2.45, 2.75) is 48.5 Å². The molecule has 12 nitrogen and oxygen atoms in total. The molecule has 0 N–H and O–H groups in total. The zero-order valence-corrected chi connectivity index (χ0v) is 35.2. The summed E-state index contributed by atoms with van der Waals surface area (Å²) in [5.74, 6) is -2.80. The Kier molecular flexibility index (Phi) is 18.5. The number of nitrogens with zero attached hydrogens (tertiary/aromatic N) is 6. The minimum atomic E-state index is -1.36. The third-order valence-corrected chi connectivity index (χ3v) is 9.64. The van der Waals surface area contributed by atoms with E-state index < -0.39 is 43.1 Å². The molecule has 0 aliphatic heterocycles. The number of rotatable bonds is 21. The highest BCUT2D eigenvalue weighted by molar-refractivity contribution is 5.98. The minimum Gasteiger partial charge on any atom is -0.470 e. The van der Waals surface area contributed by atoms with Gasteiger partial charge in [0.05, 0.1) is 18.6 Å². The molecule has 59 heavy (non-hydrogen) atoms. The molecule has 0 radical (unpaired) electrons. The average molecular weight is 799 g/mol. The fraction of sp³-hybridized carbons (Fsp3) is 0.362. The van der Waals surface area contributed by atoms with Gasteiger partial charge in [0.15, 0.2) is 0 Å². The molecule has 3 aromatic rings. The van der Waals surface area contributed by atoms with Gasteiger partial charge >= 0.3 is 17.9 Å². The molecule has 0 aromatic heterocycles. The quantitative estimate of drug-likeness (QED) is 0.0340. The predicted octanol–water partition coefficient (Wildman–Crippen LogP) is 8.69. The third kappa shape index (κ3) is 13.7. The number of ether oxygens (including phenoxy) is 3. The van der Waals surface area contributed by atoms with Crippen molar-refractivity contribution in [2.24, 2.45) is 5.41 Å². The maximum absolute atomic E-state index is 13.3. The highest BCUT2D eigenvalue weighted by atomic mass is 16.6. The molecule has 0 saturated heterocycles. The topological polar surface area (TPSA) is 121 Å². The standard InChI is InChI=1S/C47H54N6O6/c1-10-51(11-2)39-22-16-35(17-23-39)28-38(31-48)44(54)57-32-47(7,33-58-45(55)42(49-8)29-36-18-24-40(25-19-36)52(12-3)13-4)34-59-46(56)43(50-9)30-37-20-26-41(27-21-37)53(14-5)15-6/h16-30H,10-15,32-34H2,1-7H3/b38-28+,42-29-,43-30-.